The highest BCUT2D eigenvalue weighted by atomic mass is 32.1. The number of esters is 1. The maximum absolute atomic E-state index is 12.9. The molecule has 0 saturated heterocycles. The summed E-state index contributed by atoms with van der Waals surface area (Å²) in [5, 5.41) is 4.68. The molecule has 146 valence electrons. The monoisotopic (exact) mass is 390 g/mol. The van der Waals surface area contributed by atoms with Crippen LogP contribution in [-0.2, 0) is 16.6 Å². The van der Waals surface area contributed by atoms with E-state index >= 15 is 0 Å². The molecule has 2 rings (SSSR count). The SMILES string of the molecule is CCOC(=O)c1sc(N(C(=O)/C=C/c2cnn(C)c2C)[C@@H](C)CC)nc1C. The molecule has 0 spiro atoms. The normalized spacial score (nSPS) is 12.4. The van der Waals surface area contributed by atoms with Crippen LogP contribution >= 0.6 is 11.3 Å². The number of amides is 1. The summed E-state index contributed by atoms with van der Waals surface area (Å²) >= 11 is 1.19. The smallest absolute Gasteiger partial charge is 0.350 e. The van der Waals surface area contributed by atoms with Crippen molar-refractivity contribution in [1.82, 2.24) is 14.8 Å². The van der Waals surface area contributed by atoms with Gasteiger partial charge in [-0.3, -0.25) is 14.4 Å². The minimum atomic E-state index is -0.406. The van der Waals surface area contributed by atoms with Gasteiger partial charge in [0.1, 0.15) is 4.88 Å². The van der Waals surface area contributed by atoms with Gasteiger partial charge >= 0.3 is 5.97 Å². The lowest BCUT2D eigenvalue weighted by Crippen LogP contribution is -2.37. The zero-order valence-corrected chi connectivity index (χ0v) is 17.5. The van der Waals surface area contributed by atoms with Gasteiger partial charge in [0, 0.05) is 30.4 Å². The highest BCUT2D eigenvalue weighted by Gasteiger charge is 2.25. The summed E-state index contributed by atoms with van der Waals surface area (Å²) in [7, 11) is 1.86. The van der Waals surface area contributed by atoms with Crippen LogP contribution in [-0.4, -0.2) is 39.3 Å². The molecule has 0 unspecified atom stereocenters. The number of aryl methyl sites for hydroxylation is 2. The second kappa shape index (κ2) is 8.94. The maximum Gasteiger partial charge on any atom is 0.350 e. The van der Waals surface area contributed by atoms with E-state index in [0.717, 1.165) is 17.7 Å². The first-order valence-electron chi connectivity index (χ1n) is 8.94. The van der Waals surface area contributed by atoms with Crippen LogP contribution in [0.15, 0.2) is 12.3 Å². The summed E-state index contributed by atoms with van der Waals surface area (Å²) in [4.78, 5) is 31.5. The van der Waals surface area contributed by atoms with E-state index in [-0.39, 0.29) is 11.9 Å². The summed E-state index contributed by atoms with van der Waals surface area (Å²) in [5.74, 6) is -0.589. The maximum atomic E-state index is 12.9. The molecule has 1 amide bonds. The van der Waals surface area contributed by atoms with E-state index in [1.54, 1.807) is 35.7 Å². The molecule has 2 aromatic heterocycles. The van der Waals surface area contributed by atoms with Crippen LogP contribution < -0.4 is 4.90 Å². The predicted molar refractivity (Wildman–Crippen MR) is 107 cm³/mol. The van der Waals surface area contributed by atoms with Gasteiger partial charge in [-0.15, -0.1) is 0 Å². The Balaban J connectivity index is 2.32. The molecule has 0 radical (unpaired) electrons. The number of rotatable bonds is 7. The van der Waals surface area contributed by atoms with E-state index in [0.29, 0.717) is 22.3 Å². The van der Waals surface area contributed by atoms with Crippen LogP contribution in [0.5, 0.6) is 0 Å². The molecule has 7 nitrogen and oxygen atoms in total. The molecular formula is C19H26N4O3S. The quantitative estimate of drug-likeness (QED) is 0.534. The van der Waals surface area contributed by atoms with Gasteiger partial charge in [0.05, 0.1) is 18.5 Å². The third kappa shape index (κ3) is 4.63. The Morgan fingerprint density at radius 2 is 2.07 bits per heavy atom. The first-order chi connectivity index (χ1) is 12.8. The first kappa shape index (κ1) is 20.8. The van der Waals surface area contributed by atoms with Crippen LogP contribution in [0.3, 0.4) is 0 Å². The van der Waals surface area contributed by atoms with E-state index < -0.39 is 5.97 Å². The van der Waals surface area contributed by atoms with Crippen molar-refractivity contribution in [2.45, 2.75) is 47.1 Å². The largest absolute Gasteiger partial charge is 0.462 e. The first-order valence-corrected chi connectivity index (χ1v) is 9.76. The predicted octanol–water partition coefficient (Wildman–Crippen LogP) is 3.52. The molecule has 27 heavy (non-hydrogen) atoms. The summed E-state index contributed by atoms with van der Waals surface area (Å²) in [6.07, 6.45) is 5.77. The molecule has 0 aliphatic carbocycles. The summed E-state index contributed by atoms with van der Waals surface area (Å²) in [6.45, 7) is 9.72. The number of hydrogen-bond donors (Lipinski definition) is 0. The number of carbonyl (C=O) groups is 2. The zero-order valence-electron chi connectivity index (χ0n) is 16.6. The average Bonchev–Trinajstić information content (AvgIpc) is 3.16. The topological polar surface area (TPSA) is 77.3 Å². The summed E-state index contributed by atoms with van der Waals surface area (Å²) in [6, 6.07) is -0.0576. The van der Waals surface area contributed by atoms with Crippen molar-refractivity contribution < 1.29 is 14.3 Å². The Labute approximate surface area is 163 Å². The molecule has 0 N–H and O–H groups in total. The summed E-state index contributed by atoms with van der Waals surface area (Å²) < 4.78 is 6.83. The fourth-order valence-corrected chi connectivity index (χ4v) is 3.54. The van der Waals surface area contributed by atoms with Gasteiger partial charge in [0.2, 0.25) is 0 Å². The van der Waals surface area contributed by atoms with Gasteiger partial charge in [-0.1, -0.05) is 18.3 Å². The summed E-state index contributed by atoms with van der Waals surface area (Å²) in [5.41, 5.74) is 2.43. The minimum absolute atomic E-state index is 0.0576. The zero-order chi connectivity index (χ0) is 20.1. The second-order valence-electron chi connectivity index (χ2n) is 6.24. The number of carbonyl (C=O) groups excluding carboxylic acids is 2. The third-order valence-corrected chi connectivity index (χ3v) is 5.54. The van der Waals surface area contributed by atoms with Crippen molar-refractivity contribution in [3.63, 3.8) is 0 Å². The molecule has 0 aromatic carbocycles. The fourth-order valence-electron chi connectivity index (χ4n) is 2.47. The van der Waals surface area contributed by atoms with Crippen molar-refractivity contribution in [2.24, 2.45) is 7.05 Å². The van der Waals surface area contributed by atoms with Crippen LogP contribution in [0, 0.1) is 13.8 Å². The Kier molecular flexibility index (Phi) is 6.90. The number of ether oxygens (including phenoxy) is 1. The third-order valence-electron chi connectivity index (χ3n) is 4.40. The van der Waals surface area contributed by atoms with E-state index in [1.165, 1.54) is 17.4 Å². The Bertz CT molecular complexity index is 853. The van der Waals surface area contributed by atoms with Gasteiger partial charge in [-0.2, -0.15) is 5.10 Å². The number of aromatic nitrogens is 3. The molecule has 0 aliphatic heterocycles. The van der Waals surface area contributed by atoms with E-state index in [4.69, 9.17) is 4.74 Å². The molecule has 0 saturated carbocycles. The average molecular weight is 391 g/mol. The lowest BCUT2D eigenvalue weighted by atomic mass is 10.2. The van der Waals surface area contributed by atoms with Gasteiger partial charge in [-0.25, -0.2) is 9.78 Å². The van der Waals surface area contributed by atoms with Gasteiger partial charge < -0.3 is 4.74 Å². The van der Waals surface area contributed by atoms with Crippen molar-refractivity contribution in [2.75, 3.05) is 11.5 Å². The van der Waals surface area contributed by atoms with Crippen molar-refractivity contribution >= 4 is 34.4 Å². The van der Waals surface area contributed by atoms with Crippen LogP contribution in [0.4, 0.5) is 5.13 Å². The fraction of sp³-hybridized carbons (Fsp3) is 0.474. The van der Waals surface area contributed by atoms with Crippen LogP contribution in [0.2, 0.25) is 0 Å². The Morgan fingerprint density at radius 1 is 1.37 bits per heavy atom. The molecule has 2 heterocycles. The minimum Gasteiger partial charge on any atom is -0.462 e. The lowest BCUT2D eigenvalue weighted by Gasteiger charge is -2.24. The molecule has 1 atom stereocenters. The standard InChI is InChI=1S/C19H26N4O3S/c1-7-12(3)23(16(24)10-9-15-11-20-22(6)14(15)5)19-21-13(4)17(27-19)18(25)26-8-2/h9-12H,7-8H2,1-6H3/b10-9+/t12-/m0/s1. The van der Waals surface area contributed by atoms with Gasteiger partial charge in [0.15, 0.2) is 5.13 Å². The number of thiazole rings is 1. The van der Waals surface area contributed by atoms with Crippen molar-refractivity contribution in [1.29, 1.82) is 0 Å². The van der Waals surface area contributed by atoms with E-state index in [2.05, 4.69) is 10.1 Å². The molecule has 2 aromatic rings. The van der Waals surface area contributed by atoms with Crippen molar-refractivity contribution in [3.05, 3.63) is 34.1 Å². The number of anilines is 1. The molecule has 0 bridgehead atoms. The van der Waals surface area contributed by atoms with Crippen molar-refractivity contribution in [3.8, 4) is 0 Å². The highest BCUT2D eigenvalue weighted by Crippen LogP contribution is 2.29. The Morgan fingerprint density at radius 3 is 2.63 bits per heavy atom. The number of hydrogen-bond acceptors (Lipinski definition) is 6. The van der Waals surface area contributed by atoms with Crippen LogP contribution in [0.25, 0.3) is 6.08 Å². The van der Waals surface area contributed by atoms with Crippen LogP contribution in [0.1, 0.15) is 53.8 Å². The van der Waals surface area contributed by atoms with Gasteiger partial charge in [0.25, 0.3) is 5.91 Å². The molecule has 0 fully saturated rings. The lowest BCUT2D eigenvalue weighted by molar-refractivity contribution is -0.114. The number of nitrogens with zero attached hydrogens (tertiary/aromatic N) is 4. The van der Waals surface area contributed by atoms with E-state index in [9.17, 15) is 9.59 Å². The molecule has 0 aliphatic rings. The Hall–Kier alpha value is -2.48. The molecule has 8 heteroatoms. The highest BCUT2D eigenvalue weighted by molar-refractivity contribution is 7.17. The van der Waals surface area contributed by atoms with Gasteiger partial charge in [-0.05, 0) is 40.2 Å². The molecular weight excluding hydrogens is 364 g/mol. The second-order valence-corrected chi connectivity index (χ2v) is 7.22. The van der Waals surface area contributed by atoms with E-state index in [1.807, 2.05) is 27.8 Å².